The van der Waals surface area contributed by atoms with Crippen LogP contribution >= 0.6 is 11.3 Å². The average molecular weight is 475 g/mol. The van der Waals surface area contributed by atoms with E-state index in [-0.39, 0.29) is 5.91 Å². The summed E-state index contributed by atoms with van der Waals surface area (Å²) in [5, 5.41) is 3.20. The maximum absolute atomic E-state index is 13.4. The van der Waals surface area contributed by atoms with Gasteiger partial charge in [0.25, 0.3) is 5.91 Å². The third-order valence-corrected chi connectivity index (χ3v) is 7.61. The Kier molecular flexibility index (Phi) is 6.32. The Labute approximate surface area is 204 Å². The molecule has 0 radical (unpaired) electrons. The first kappa shape index (κ1) is 22.5. The van der Waals surface area contributed by atoms with Crippen LogP contribution in [0.5, 0.6) is 0 Å². The van der Waals surface area contributed by atoms with Crippen molar-refractivity contribution in [1.29, 1.82) is 0 Å². The number of aryl methyl sites for hydroxylation is 2. The highest BCUT2D eigenvalue weighted by atomic mass is 32.1. The third-order valence-electron chi connectivity index (χ3n) is 6.79. The summed E-state index contributed by atoms with van der Waals surface area (Å²) in [7, 11) is 0. The molecule has 4 aromatic heterocycles. The molecule has 1 aliphatic heterocycles. The number of rotatable bonds is 6. The molecule has 1 fully saturated rings. The molecule has 176 valence electrons. The van der Waals surface area contributed by atoms with Gasteiger partial charge in [-0.15, -0.1) is 11.3 Å². The van der Waals surface area contributed by atoms with Crippen molar-refractivity contribution in [3.05, 3.63) is 87.4 Å². The number of pyridine rings is 1. The zero-order valence-electron chi connectivity index (χ0n) is 19.9. The fourth-order valence-corrected chi connectivity index (χ4v) is 5.52. The minimum Gasteiger partial charge on any atom is -0.344 e. The van der Waals surface area contributed by atoms with Crippen molar-refractivity contribution >= 4 is 17.2 Å². The Hall–Kier alpha value is -3.26. The van der Waals surface area contributed by atoms with E-state index in [0.717, 1.165) is 72.5 Å². The number of hydrogen-bond acceptors (Lipinski definition) is 5. The molecule has 0 unspecified atom stereocenters. The van der Waals surface area contributed by atoms with Crippen molar-refractivity contribution in [1.82, 2.24) is 29.0 Å². The van der Waals surface area contributed by atoms with E-state index in [0.29, 0.717) is 5.92 Å². The normalized spacial score (nSPS) is 14.6. The number of amides is 1. The maximum atomic E-state index is 13.4. The first-order valence-electron chi connectivity index (χ1n) is 11.8. The minimum atomic E-state index is 0.133. The lowest BCUT2D eigenvalue weighted by Crippen LogP contribution is -2.38. The van der Waals surface area contributed by atoms with E-state index in [2.05, 4.69) is 36.4 Å². The molecule has 0 atom stereocenters. The van der Waals surface area contributed by atoms with Crippen LogP contribution in [0.4, 0.5) is 0 Å². The molecule has 0 spiro atoms. The van der Waals surface area contributed by atoms with Gasteiger partial charge >= 0.3 is 0 Å². The summed E-state index contributed by atoms with van der Waals surface area (Å²) in [6.07, 6.45) is 9.39. The first-order chi connectivity index (χ1) is 16.5. The number of nitrogens with zero attached hydrogens (tertiary/aromatic N) is 6. The Morgan fingerprint density at radius 1 is 1.09 bits per heavy atom. The molecule has 1 saturated heterocycles. The van der Waals surface area contributed by atoms with Gasteiger partial charge in [0.2, 0.25) is 0 Å². The number of hydrogen-bond donors (Lipinski definition) is 0. The molecule has 1 amide bonds. The van der Waals surface area contributed by atoms with E-state index >= 15 is 0 Å². The summed E-state index contributed by atoms with van der Waals surface area (Å²) in [6.45, 7) is 9.15. The molecule has 0 bridgehead atoms. The molecule has 8 heteroatoms. The zero-order chi connectivity index (χ0) is 23.7. The van der Waals surface area contributed by atoms with Gasteiger partial charge in [-0.2, -0.15) is 0 Å². The van der Waals surface area contributed by atoms with Crippen molar-refractivity contribution < 1.29 is 4.79 Å². The number of aromatic nitrogens is 5. The van der Waals surface area contributed by atoms with E-state index in [1.165, 1.54) is 5.56 Å². The average Bonchev–Trinajstić information content (AvgIpc) is 3.55. The molecule has 0 saturated carbocycles. The van der Waals surface area contributed by atoms with E-state index in [1.54, 1.807) is 11.3 Å². The quantitative estimate of drug-likeness (QED) is 0.410. The Bertz CT molecular complexity index is 1280. The van der Waals surface area contributed by atoms with Crippen LogP contribution in [-0.2, 0) is 13.1 Å². The summed E-state index contributed by atoms with van der Waals surface area (Å²) in [5.41, 5.74) is 5.20. The van der Waals surface area contributed by atoms with Gasteiger partial charge < -0.3 is 14.0 Å². The van der Waals surface area contributed by atoms with Crippen LogP contribution in [0, 0.1) is 20.8 Å². The highest BCUT2D eigenvalue weighted by Crippen LogP contribution is 2.29. The van der Waals surface area contributed by atoms with Gasteiger partial charge in [-0.1, -0.05) is 0 Å². The lowest BCUT2D eigenvalue weighted by Gasteiger charge is -2.32. The molecule has 34 heavy (non-hydrogen) atoms. The molecule has 1 aliphatic rings. The molecule has 0 aliphatic carbocycles. The molecule has 7 nitrogen and oxygen atoms in total. The molecule has 0 N–H and O–H groups in total. The molecule has 5 heterocycles. The second kappa shape index (κ2) is 9.54. The van der Waals surface area contributed by atoms with Crippen LogP contribution in [0.3, 0.4) is 0 Å². The summed E-state index contributed by atoms with van der Waals surface area (Å²) < 4.78 is 4.43. The maximum Gasteiger partial charge on any atom is 0.255 e. The molecule has 5 rings (SSSR count). The number of carbonyl (C=O) groups is 1. The number of carbonyl (C=O) groups excluding carboxylic acids is 1. The molecular formula is C26H30N6OS. The van der Waals surface area contributed by atoms with Gasteiger partial charge in [0.05, 0.1) is 22.8 Å². The van der Waals surface area contributed by atoms with Crippen molar-refractivity contribution in [2.24, 2.45) is 0 Å². The molecule has 0 aromatic carbocycles. The van der Waals surface area contributed by atoms with E-state index in [4.69, 9.17) is 0 Å². The van der Waals surface area contributed by atoms with Gasteiger partial charge in [-0.25, -0.2) is 9.97 Å². The highest BCUT2D eigenvalue weighted by Gasteiger charge is 2.28. The van der Waals surface area contributed by atoms with E-state index in [9.17, 15) is 4.79 Å². The Morgan fingerprint density at radius 3 is 2.56 bits per heavy atom. The van der Waals surface area contributed by atoms with Crippen molar-refractivity contribution in [3.63, 3.8) is 0 Å². The standard InChI is InChI=1S/C26H30N6OS/c1-18-14-24(19(2)32(18)15-21-4-8-27-9-5-21)26(33)30-11-6-22(7-12-30)25-28-10-13-31(25)16-23-17-34-20(3)29-23/h4-5,8-10,13-14,17,22H,6-7,11-12,15-16H2,1-3H3. The first-order valence-corrected chi connectivity index (χ1v) is 12.6. The lowest BCUT2D eigenvalue weighted by molar-refractivity contribution is 0.0709. The molecule has 4 aromatic rings. The monoisotopic (exact) mass is 474 g/mol. The van der Waals surface area contributed by atoms with Gasteiger partial charge in [0.15, 0.2) is 0 Å². The van der Waals surface area contributed by atoms with Crippen molar-refractivity contribution in [2.45, 2.75) is 52.6 Å². The Balaban J connectivity index is 1.25. The third kappa shape index (κ3) is 4.55. The number of thiazole rings is 1. The fraction of sp³-hybridized carbons (Fsp3) is 0.385. The van der Waals surface area contributed by atoms with Gasteiger partial charge in [0.1, 0.15) is 5.82 Å². The lowest BCUT2D eigenvalue weighted by atomic mass is 9.95. The van der Waals surface area contributed by atoms with Crippen LogP contribution < -0.4 is 0 Å². The SMILES string of the molecule is Cc1nc(Cn2ccnc2C2CCN(C(=O)c3cc(C)n(Cc4ccncc4)c3C)CC2)cs1. The molecular weight excluding hydrogens is 444 g/mol. The van der Waals surface area contributed by atoms with Crippen molar-refractivity contribution in [2.75, 3.05) is 13.1 Å². The predicted molar refractivity (Wildman–Crippen MR) is 133 cm³/mol. The van der Waals surface area contributed by atoms with Gasteiger partial charge in [0, 0.05) is 67.1 Å². The van der Waals surface area contributed by atoms with E-state index < -0.39 is 0 Å². The van der Waals surface area contributed by atoms with Crippen LogP contribution in [0.2, 0.25) is 0 Å². The van der Waals surface area contributed by atoms with Gasteiger partial charge in [-0.3, -0.25) is 9.78 Å². The minimum absolute atomic E-state index is 0.133. The van der Waals surface area contributed by atoms with Crippen LogP contribution in [0.25, 0.3) is 0 Å². The Morgan fingerprint density at radius 2 is 1.85 bits per heavy atom. The summed E-state index contributed by atoms with van der Waals surface area (Å²) in [5.74, 6) is 1.60. The smallest absolute Gasteiger partial charge is 0.255 e. The predicted octanol–water partition coefficient (Wildman–Crippen LogP) is 4.58. The summed E-state index contributed by atoms with van der Waals surface area (Å²) >= 11 is 1.68. The largest absolute Gasteiger partial charge is 0.344 e. The number of likely N-dealkylation sites (tertiary alicyclic amines) is 1. The summed E-state index contributed by atoms with van der Waals surface area (Å²) in [4.78, 5) is 28.8. The topological polar surface area (TPSA) is 68.8 Å². The highest BCUT2D eigenvalue weighted by molar-refractivity contribution is 7.09. The summed E-state index contributed by atoms with van der Waals surface area (Å²) in [6, 6.07) is 6.07. The van der Waals surface area contributed by atoms with E-state index in [1.807, 2.05) is 61.7 Å². The second-order valence-electron chi connectivity index (χ2n) is 9.06. The zero-order valence-corrected chi connectivity index (χ0v) is 20.8. The fourth-order valence-electron chi connectivity index (χ4n) is 4.91. The van der Waals surface area contributed by atoms with Crippen LogP contribution in [0.1, 0.15) is 62.6 Å². The number of imidazole rings is 1. The second-order valence-corrected chi connectivity index (χ2v) is 10.1. The number of piperidine rings is 1. The van der Waals surface area contributed by atoms with Crippen LogP contribution in [0.15, 0.2) is 48.4 Å². The van der Waals surface area contributed by atoms with Crippen LogP contribution in [-0.4, -0.2) is 48.0 Å². The van der Waals surface area contributed by atoms with Crippen molar-refractivity contribution in [3.8, 4) is 0 Å². The van der Waals surface area contributed by atoms with Gasteiger partial charge in [-0.05, 0) is 57.4 Å².